The van der Waals surface area contributed by atoms with Gasteiger partial charge in [-0.15, -0.1) is 0 Å². The maximum Gasteiger partial charge on any atom is 0.161 e. The van der Waals surface area contributed by atoms with Gasteiger partial charge in [-0.3, -0.25) is 4.98 Å². The van der Waals surface area contributed by atoms with Crippen molar-refractivity contribution in [2.75, 3.05) is 16.8 Å². The number of pyridine rings is 1. The number of nitrogens with zero attached hydrogens (tertiary/aromatic N) is 2. The Morgan fingerprint density at radius 2 is 2.15 bits per heavy atom. The van der Waals surface area contributed by atoms with Gasteiger partial charge in [0.05, 0.1) is 11.4 Å². The van der Waals surface area contributed by atoms with Crippen molar-refractivity contribution in [3.63, 3.8) is 0 Å². The predicted octanol–water partition coefficient (Wildman–Crippen LogP) is 3.18. The van der Waals surface area contributed by atoms with Gasteiger partial charge in [-0.1, -0.05) is 6.07 Å². The third-order valence-corrected chi connectivity index (χ3v) is 3.54. The first-order valence-electron chi connectivity index (χ1n) is 6.53. The standard InChI is InChI=1S/C15H15F2N3/c1-10-7-19-14-5-12(16)13(17)6-15(14)20(10)9-11-3-2-4-18-8-11/h2-6,8,10,19H,7,9H2,1H3. The molecule has 104 valence electrons. The molecule has 0 fully saturated rings. The molecule has 2 heterocycles. The van der Waals surface area contributed by atoms with E-state index in [4.69, 9.17) is 0 Å². The molecular weight excluding hydrogens is 260 g/mol. The molecule has 1 atom stereocenters. The number of fused-ring (bicyclic) bond motifs is 1. The quantitative estimate of drug-likeness (QED) is 0.912. The third kappa shape index (κ3) is 2.31. The molecule has 1 aliphatic heterocycles. The summed E-state index contributed by atoms with van der Waals surface area (Å²) in [6, 6.07) is 6.50. The minimum Gasteiger partial charge on any atom is -0.381 e. The summed E-state index contributed by atoms with van der Waals surface area (Å²) in [4.78, 5) is 6.15. The highest BCUT2D eigenvalue weighted by Gasteiger charge is 2.24. The molecular formula is C15H15F2N3. The summed E-state index contributed by atoms with van der Waals surface area (Å²) in [5, 5.41) is 3.13. The van der Waals surface area contributed by atoms with Crippen LogP contribution in [0.2, 0.25) is 0 Å². The van der Waals surface area contributed by atoms with Crippen LogP contribution in [0.5, 0.6) is 0 Å². The highest BCUT2D eigenvalue weighted by Crippen LogP contribution is 2.34. The van der Waals surface area contributed by atoms with Crippen LogP contribution in [0.3, 0.4) is 0 Å². The molecule has 1 N–H and O–H groups in total. The van der Waals surface area contributed by atoms with E-state index >= 15 is 0 Å². The molecule has 3 rings (SSSR count). The lowest BCUT2D eigenvalue weighted by molar-refractivity contribution is 0.506. The van der Waals surface area contributed by atoms with Crippen molar-refractivity contribution < 1.29 is 8.78 Å². The Bertz CT molecular complexity index is 616. The van der Waals surface area contributed by atoms with Gasteiger partial charge in [0.15, 0.2) is 11.6 Å². The van der Waals surface area contributed by atoms with E-state index in [2.05, 4.69) is 15.2 Å². The van der Waals surface area contributed by atoms with Gasteiger partial charge >= 0.3 is 0 Å². The molecule has 0 spiro atoms. The van der Waals surface area contributed by atoms with Gasteiger partial charge in [0, 0.05) is 43.7 Å². The van der Waals surface area contributed by atoms with Crippen LogP contribution in [-0.2, 0) is 6.54 Å². The third-order valence-electron chi connectivity index (χ3n) is 3.54. The zero-order valence-corrected chi connectivity index (χ0v) is 11.1. The van der Waals surface area contributed by atoms with Crippen LogP contribution in [0.15, 0.2) is 36.7 Å². The Hall–Kier alpha value is -2.17. The Labute approximate surface area is 116 Å². The molecule has 2 aromatic rings. The molecule has 0 saturated carbocycles. The zero-order valence-electron chi connectivity index (χ0n) is 11.1. The van der Waals surface area contributed by atoms with Crippen molar-refractivity contribution >= 4 is 11.4 Å². The predicted molar refractivity (Wildman–Crippen MR) is 74.7 cm³/mol. The first kappa shape index (κ1) is 12.8. The summed E-state index contributed by atoms with van der Waals surface area (Å²) in [5.74, 6) is -1.65. The van der Waals surface area contributed by atoms with Gasteiger partial charge in [0.25, 0.3) is 0 Å². The number of halogens is 2. The van der Waals surface area contributed by atoms with Crippen LogP contribution >= 0.6 is 0 Å². The molecule has 3 nitrogen and oxygen atoms in total. The van der Waals surface area contributed by atoms with Gasteiger partial charge in [0.1, 0.15) is 0 Å². The van der Waals surface area contributed by atoms with Crippen molar-refractivity contribution in [3.05, 3.63) is 53.9 Å². The van der Waals surface area contributed by atoms with Crippen LogP contribution in [0, 0.1) is 11.6 Å². The maximum atomic E-state index is 13.5. The summed E-state index contributed by atoms with van der Waals surface area (Å²) < 4.78 is 26.8. The zero-order chi connectivity index (χ0) is 14.1. The summed E-state index contributed by atoms with van der Waals surface area (Å²) >= 11 is 0. The van der Waals surface area contributed by atoms with E-state index in [1.165, 1.54) is 12.1 Å². The maximum absolute atomic E-state index is 13.5. The minimum atomic E-state index is -0.827. The number of hydrogen-bond donors (Lipinski definition) is 1. The topological polar surface area (TPSA) is 28.2 Å². The number of aromatic nitrogens is 1. The first-order chi connectivity index (χ1) is 9.65. The van der Waals surface area contributed by atoms with Gasteiger partial charge < -0.3 is 10.2 Å². The summed E-state index contributed by atoms with van der Waals surface area (Å²) in [6.45, 7) is 3.36. The summed E-state index contributed by atoms with van der Waals surface area (Å²) in [6.07, 6.45) is 3.50. The summed E-state index contributed by atoms with van der Waals surface area (Å²) in [5.41, 5.74) is 2.36. The molecule has 1 aromatic carbocycles. The molecule has 0 aliphatic carbocycles. The molecule has 5 heteroatoms. The van der Waals surface area contributed by atoms with Gasteiger partial charge in [-0.25, -0.2) is 8.78 Å². The van der Waals surface area contributed by atoms with Crippen LogP contribution < -0.4 is 10.2 Å². The Balaban J connectivity index is 1.97. The van der Waals surface area contributed by atoms with Crippen LogP contribution in [0.25, 0.3) is 0 Å². The van der Waals surface area contributed by atoms with E-state index in [0.29, 0.717) is 24.5 Å². The second-order valence-electron chi connectivity index (χ2n) is 5.00. The number of nitrogens with one attached hydrogen (secondary N) is 1. The van der Waals surface area contributed by atoms with Gasteiger partial charge in [-0.05, 0) is 18.6 Å². The lowest BCUT2D eigenvalue weighted by Gasteiger charge is -2.37. The highest BCUT2D eigenvalue weighted by atomic mass is 19.2. The first-order valence-corrected chi connectivity index (χ1v) is 6.53. The molecule has 0 bridgehead atoms. The van der Waals surface area contributed by atoms with Crippen molar-refractivity contribution in [2.24, 2.45) is 0 Å². The fraction of sp³-hybridized carbons (Fsp3) is 0.267. The van der Waals surface area contributed by atoms with Crippen LogP contribution in [0.1, 0.15) is 12.5 Å². The fourth-order valence-corrected chi connectivity index (χ4v) is 2.45. The average molecular weight is 275 g/mol. The van der Waals surface area contributed by atoms with Crippen molar-refractivity contribution in [3.8, 4) is 0 Å². The number of benzene rings is 1. The van der Waals surface area contributed by atoms with Crippen LogP contribution in [-0.4, -0.2) is 17.6 Å². The monoisotopic (exact) mass is 275 g/mol. The second-order valence-corrected chi connectivity index (χ2v) is 5.00. The van der Waals surface area contributed by atoms with Crippen molar-refractivity contribution in [2.45, 2.75) is 19.5 Å². The van der Waals surface area contributed by atoms with Gasteiger partial charge in [0.2, 0.25) is 0 Å². The SMILES string of the molecule is CC1CNc2cc(F)c(F)cc2N1Cc1cccnc1. The van der Waals surface area contributed by atoms with E-state index < -0.39 is 11.6 Å². The lowest BCUT2D eigenvalue weighted by atomic mass is 10.1. The van der Waals surface area contributed by atoms with E-state index in [1.807, 2.05) is 19.1 Å². The van der Waals surface area contributed by atoms with E-state index in [9.17, 15) is 8.78 Å². The second kappa shape index (κ2) is 5.07. The van der Waals surface area contributed by atoms with Crippen molar-refractivity contribution in [1.82, 2.24) is 4.98 Å². The fourth-order valence-electron chi connectivity index (χ4n) is 2.45. The van der Waals surface area contributed by atoms with Crippen LogP contribution in [0.4, 0.5) is 20.2 Å². The van der Waals surface area contributed by atoms with E-state index in [1.54, 1.807) is 12.4 Å². The van der Waals surface area contributed by atoms with Gasteiger partial charge in [-0.2, -0.15) is 0 Å². The molecule has 1 aromatic heterocycles. The smallest absolute Gasteiger partial charge is 0.161 e. The lowest BCUT2D eigenvalue weighted by Crippen LogP contribution is -2.41. The summed E-state index contributed by atoms with van der Waals surface area (Å²) in [7, 11) is 0. The molecule has 1 unspecified atom stereocenters. The Morgan fingerprint density at radius 3 is 2.90 bits per heavy atom. The molecule has 0 radical (unpaired) electrons. The largest absolute Gasteiger partial charge is 0.381 e. The van der Waals surface area contributed by atoms with Crippen molar-refractivity contribution in [1.29, 1.82) is 0 Å². The highest BCUT2D eigenvalue weighted by molar-refractivity contribution is 5.73. The number of anilines is 2. The molecule has 20 heavy (non-hydrogen) atoms. The Kier molecular flexibility index (Phi) is 3.26. The average Bonchev–Trinajstić information content (AvgIpc) is 2.45. The minimum absolute atomic E-state index is 0.188. The molecule has 0 amide bonds. The normalized spacial score (nSPS) is 17.6. The Morgan fingerprint density at radius 1 is 1.35 bits per heavy atom. The number of rotatable bonds is 2. The molecule has 1 aliphatic rings. The van der Waals surface area contributed by atoms with E-state index in [-0.39, 0.29) is 6.04 Å². The number of hydrogen-bond acceptors (Lipinski definition) is 3. The molecule has 0 saturated heterocycles. The van der Waals surface area contributed by atoms with E-state index in [0.717, 1.165) is 5.56 Å².